The van der Waals surface area contributed by atoms with E-state index >= 15 is 0 Å². The molecule has 3 aliphatic rings. The van der Waals surface area contributed by atoms with Crippen molar-refractivity contribution in [1.29, 1.82) is 0 Å². The molecule has 0 fully saturated rings. The van der Waals surface area contributed by atoms with E-state index in [-0.39, 0.29) is 43.4 Å². The smallest absolute Gasteiger partial charge is 0.416 e. The van der Waals surface area contributed by atoms with Crippen LogP contribution in [0.15, 0.2) is 71.2 Å². The Morgan fingerprint density at radius 1 is 1.05 bits per heavy atom. The quantitative estimate of drug-likeness (QED) is 0.263. The number of rotatable bonds is 5. The monoisotopic (exact) mass is 583 g/mol. The molecule has 0 bridgehead atoms. The number of ether oxygens (including phenoxy) is 3. The second kappa shape index (κ2) is 10.4. The minimum atomic E-state index is -4.54. The molecular formula is C30H24F3NO6S. The maximum absolute atomic E-state index is 14.4. The molecule has 0 radical (unpaired) electrons. The van der Waals surface area contributed by atoms with E-state index in [1.54, 1.807) is 25.1 Å². The lowest BCUT2D eigenvalue weighted by molar-refractivity contribution is -0.152. The molecule has 0 unspecified atom stereocenters. The lowest BCUT2D eigenvalue weighted by Gasteiger charge is -2.42. The Balaban J connectivity index is 1.52. The summed E-state index contributed by atoms with van der Waals surface area (Å²) in [5, 5.41) is 1.83. The number of ketones is 1. The third kappa shape index (κ3) is 4.77. The topological polar surface area (TPSA) is 82.1 Å². The van der Waals surface area contributed by atoms with E-state index < -0.39 is 41.2 Å². The number of anilines is 1. The van der Waals surface area contributed by atoms with Crippen LogP contribution in [0, 0.1) is 5.92 Å². The van der Waals surface area contributed by atoms with Gasteiger partial charge in [-0.05, 0) is 66.8 Å². The molecule has 6 rings (SSSR count). The largest absolute Gasteiger partial charge is 0.465 e. The summed E-state index contributed by atoms with van der Waals surface area (Å²) in [5.41, 5.74) is 0.637. The Bertz CT molecular complexity index is 1550. The van der Waals surface area contributed by atoms with Crippen molar-refractivity contribution in [3.05, 3.63) is 87.3 Å². The van der Waals surface area contributed by atoms with Crippen molar-refractivity contribution in [3.8, 4) is 11.5 Å². The number of fused-ring (bicyclic) bond motifs is 1. The lowest BCUT2D eigenvalue weighted by atomic mass is 9.69. The van der Waals surface area contributed by atoms with Crippen LogP contribution in [0.3, 0.4) is 0 Å². The van der Waals surface area contributed by atoms with Crippen LogP contribution in [-0.4, -0.2) is 31.1 Å². The molecular weight excluding hydrogens is 559 g/mol. The fourth-order valence-electron chi connectivity index (χ4n) is 5.82. The van der Waals surface area contributed by atoms with Gasteiger partial charge in [0.15, 0.2) is 17.3 Å². The Morgan fingerprint density at radius 3 is 2.49 bits per heavy atom. The zero-order chi connectivity index (χ0) is 28.9. The first-order valence-electron chi connectivity index (χ1n) is 13.0. The number of Topliss-reactive ketones (excluding diaryl/α,β-unsaturated/α-hetero) is 1. The zero-order valence-corrected chi connectivity index (χ0v) is 22.6. The van der Waals surface area contributed by atoms with E-state index in [2.05, 4.69) is 0 Å². The number of hydrogen-bond donors (Lipinski definition) is 0. The number of carbonyl (C=O) groups is 3. The summed E-state index contributed by atoms with van der Waals surface area (Å²) in [6.45, 7) is 1.80. The van der Waals surface area contributed by atoms with E-state index in [0.29, 0.717) is 22.8 Å². The van der Waals surface area contributed by atoms with Gasteiger partial charge < -0.3 is 14.2 Å². The molecule has 41 heavy (non-hydrogen) atoms. The van der Waals surface area contributed by atoms with Gasteiger partial charge in [0.1, 0.15) is 5.92 Å². The first-order chi connectivity index (χ1) is 19.7. The Morgan fingerprint density at radius 2 is 1.80 bits per heavy atom. The van der Waals surface area contributed by atoms with Crippen molar-refractivity contribution in [3.63, 3.8) is 0 Å². The third-order valence-corrected chi connectivity index (χ3v) is 8.63. The molecule has 1 amide bonds. The number of hydrogen-bond acceptors (Lipinski definition) is 7. The van der Waals surface area contributed by atoms with Gasteiger partial charge >= 0.3 is 12.1 Å². The van der Waals surface area contributed by atoms with Gasteiger partial charge in [-0.2, -0.15) is 13.2 Å². The fourth-order valence-corrected chi connectivity index (χ4v) is 6.68. The van der Waals surface area contributed by atoms with Crippen LogP contribution in [0.25, 0.3) is 0 Å². The van der Waals surface area contributed by atoms with Gasteiger partial charge in [-0.15, -0.1) is 11.3 Å². The number of carbonyl (C=O) groups excluding carboxylic acids is 3. The molecule has 7 nitrogen and oxygen atoms in total. The number of amides is 1. The molecule has 2 aromatic carbocycles. The number of thiophene rings is 1. The van der Waals surface area contributed by atoms with Crippen LogP contribution in [-0.2, 0) is 25.3 Å². The average Bonchev–Trinajstić information content (AvgIpc) is 3.64. The Labute approximate surface area is 237 Å². The third-order valence-electron chi connectivity index (χ3n) is 7.62. The van der Waals surface area contributed by atoms with Gasteiger partial charge in [0, 0.05) is 40.1 Å². The van der Waals surface area contributed by atoms with Crippen molar-refractivity contribution in [2.24, 2.45) is 5.92 Å². The molecule has 0 saturated heterocycles. The highest BCUT2D eigenvalue weighted by Gasteiger charge is 2.50. The molecule has 3 aromatic rings. The van der Waals surface area contributed by atoms with Crippen molar-refractivity contribution < 1.29 is 41.8 Å². The Kier molecular flexibility index (Phi) is 6.85. The predicted octanol–water partition coefficient (Wildman–Crippen LogP) is 6.21. The van der Waals surface area contributed by atoms with Gasteiger partial charge in [0.05, 0.1) is 12.2 Å². The van der Waals surface area contributed by atoms with Gasteiger partial charge in [0.2, 0.25) is 12.7 Å². The van der Waals surface area contributed by atoms with E-state index in [1.165, 1.54) is 28.4 Å². The summed E-state index contributed by atoms with van der Waals surface area (Å²) >= 11 is 1.38. The summed E-state index contributed by atoms with van der Waals surface area (Å²) in [6, 6.07) is 13.1. The van der Waals surface area contributed by atoms with Crippen LogP contribution in [0.5, 0.6) is 11.5 Å². The summed E-state index contributed by atoms with van der Waals surface area (Å²) in [6.07, 6.45) is -4.54. The van der Waals surface area contributed by atoms with Crippen LogP contribution in [0.1, 0.15) is 47.6 Å². The molecule has 3 heterocycles. The summed E-state index contributed by atoms with van der Waals surface area (Å²) in [7, 11) is 0. The molecule has 1 aliphatic carbocycles. The highest BCUT2D eigenvalue weighted by atomic mass is 32.1. The normalized spacial score (nSPS) is 22.1. The van der Waals surface area contributed by atoms with Crippen molar-refractivity contribution in [2.45, 2.75) is 37.8 Å². The lowest BCUT2D eigenvalue weighted by Crippen LogP contribution is -2.46. The number of halogens is 3. The molecule has 1 aromatic heterocycles. The van der Waals surface area contributed by atoms with E-state index in [1.807, 2.05) is 17.5 Å². The summed E-state index contributed by atoms with van der Waals surface area (Å²) < 4.78 is 56.1. The maximum atomic E-state index is 14.4. The summed E-state index contributed by atoms with van der Waals surface area (Å²) in [4.78, 5) is 43.5. The van der Waals surface area contributed by atoms with E-state index in [9.17, 15) is 27.6 Å². The molecule has 2 aliphatic heterocycles. The van der Waals surface area contributed by atoms with Gasteiger partial charge in [-0.3, -0.25) is 19.3 Å². The van der Waals surface area contributed by atoms with Crippen LogP contribution >= 0.6 is 11.3 Å². The molecule has 0 saturated carbocycles. The van der Waals surface area contributed by atoms with Crippen LogP contribution < -0.4 is 14.4 Å². The second-order valence-electron chi connectivity index (χ2n) is 9.92. The minimum absolute atomic E-state index is 0.0460. The highest BCUT2D eigenvalue weighted by Crippen LogP contribution is 2.51. The maximum Gasteiger partial charge on any atom is 0.416 e. The number of nitrogens with zero attached hydrogens (tertiary/aromatic N) is 1. The molecule has 11 heteroatoms. The molecule has 3 atom stereocenters. The van der Waals surface area contributed by atoms with Crippen molar-refractivity contribution >= 4 is 34.7 Å². The standard InChI is InChI=1S/C30H24F3NO6S/c1-2-38-29(37)27-20(24-4-3-11-41-24)13-21-26(28(27)36)19(16-5-10-22-23(12-16)40-15-39-22)14-25(35)34(21)18-8-6-17(7-9-18)30(31,32)33/h3-12,19-20,27H,2,13-15H2,1H3/t19-,20-,27+/m0/s1. The molecule has 0 N–H and O–H groups in total. The second-order valence-corrected chi connectivity index (χ2v) is 10.9. The highest BCUT2D eigenvalue weighted by molar-refractivity contribution is 7.10. The first kappa shape index (κ1) is 27.1. The predicted molar refractivity (Wildman–Crippen MR) is 143 cm³/mol. The van der Waals surface area contributed by atoms with E-state index in [4.69, 9.17) is 14.2 Å². The number of allylic oxidation sites excluding steroid dienone is 2. The average molecular weight is 584 g/mol. The molecule has 212 valence electrons. The van der Waals surface area contributed by atoms with Gasteiger partial charge in [-0.1, -0.05) is 12.1 Å². The summed E-state index contributed by atoms with van der Waals surface area (Å²) in [5.74, 6) is -2.92. The minimum Gasteiger partial charge on any atom is -0.465 e. The van der Waals surface area contributed by atoms with Gasteiger partial charge in [-0.25, -0.2) is 0 Å². The fraction of sp³-hybridized carbons (Fsp3) is 0.300. The van der Waals surface area contributed by atoms with Crippen LogP contribution in [0.2, 0.25) is 0 Å². The van der Waals surface area contributed by atoms with Crippen molar-refractivity contribution in [2.75, 3.05) is 18.3 Å². The first-order valence-corrected chi connectivity index (χ1v) is 13.9. The van der Waals surface area contributed by atoms with Crippen molar-refractivity contribution in [1.82, 2.24) is 0 Å². The van der Waals surface area contributed by atoms with Gasteiger partial charge in [0.25, 0.3) is 0 Å². The number of esters is 1. The zero-order valence-electron chi connectivity index (χ0n) is 21.8. The van der Waals surface area contributed by atoms with Crippen LogP contribution in [0.4, 0.5) is 18.9 Å². The SMILES string of the molecule is CCOC(=O)[C@H]1C(=O)C2=C(C[C@H]1c1cccs1)N(c1ccc(C(F)(F)F)cc1)C(=O)C[C@H]2c1ccc2c(c1)OCO2. The number of benzene rings is 2. The molecule has 0 spiro atoms. The number of alkyl halides is 3. The Hall–Kier alpha value is -4.12. The van der Waals surface area contributed by atoms with E-state index in [0.717, 1.165) is 17.0 Å².